The minimum Gasteiger partial charge on any atom is -0.748 e. The number of anilines is 1. The first-order valence-electron chi connectivity index (χ1n) is 13.9. The second kappa shape index (κ2) is 13.6. The van der Waals surface area contributed by atoms with Gasteiger partial charge >= 0.3 is 11.9 Å². The van der Waals surface area contributed by atoms with Crippen molar-refractivity contribution in [3.05, 3.63) is 56.1 Å². The third-order valence-corrected chi connectivity index (χ3v) is 10.5. The normalized spacial score (nSPS) is 18.6. The molecular formula is C28H27N4O11S4-. The Labute approximate surface area is 281 Å². The molecule has 3 aliphatic rings. The van der Waals surface area contributed by atoms with Gasteiger partial charge in [-0.3, -0.25) is 28.6 Å². The lowest BCUT2D eigenvalue weighted by molar-refractivity contribution is -0.140. The average molecular weight is 724 g/mol. The molecule has 4 heterocycles. The van der Waals surface area contributed by atoms with Crippen molar-refractivity contribution in [2.45, 2.75) is 31.2 Å². The third kappa shape index (κ3) is 7.28. The Kier molecular flexibility index (Phi) is 9.92. The van der Waals surface area contributed by atoms with E-state index in [1.165, 1.54) is 23.4 Å². The topological polar surface area (TPSA) is 201 Å². The standard InChI is InChI=1S/C28H28N4O11S4/c1-3-15(5-6-21-30(7-4-8-47(39,40)41)16-10-18-19(43-14-42-18)11-20(16)45-21)9-17-26(37)31(12-22(33)34)25(29(17)2)24-27(38)32(13-23(35)36)28(44)46-24/h5-6,9-11H,3-4,7-8,12-14H2,1-2H3,(H,33,34)(H,35,36)(H,39,40,41)/p-1/b15-5?,17-9?,21-6?,25-24-. The smallest absolute Gasteiger partial charge is 0.323 e. The van der Waals surface area contributed by atoms with E-state index in [0.717, 1.165) is 31.8 Å². The van der Waals surface area contributed by atoms with Crippen molar-refractivity contribution in [1.82, 2.24) is 14.0 Å². The first kappa shape index (κ1) is 34.3. The summed E-state index contributed by atoms with van der Waals surface area (Å²) in [5.41, 5.74) is 0.688. The van der Waals surface area contributed by atoms with Crippen molar-refractivity contribution in [3.8, 4) is 11.5 Å². The summed E-state index contributed by atoms with van der Waals surface area (Å²) in [7, 11) is -2.92. The van der Waals surface area contributed by atoms with Crippen molar-refractivity contribution < 1.29 is 47.0 Å². The fourth-order valence-electron chi connectivity index (χ4n) is 5.06. The molecule has 1 saturated heterocycles. The molecule has 250 valence electrons. The predicted molar refractivity (Wildman–Crippen MR) is 175 cm³/mol. The molecule has 1 aromatic carbocycles. The van der Waals surface area contributed by atoms with Crippen LogP contribution in [0.5, 0.6) is 11.5 Å². The summed E-state index contributed by atoms with van der Waals surface area (Å²) in [6.07, 6.45) is 5.62. The Hall–Kier alpha value is -4.04. The van der Waals surface area contributed by atoms with Gasteiger partial charge in [-0.25, -0.2) is 8.42 Å². The van der Waals surface area contributed by atoms with Crippen LogP contribution in [0.2, 0.25) is 0 Å². The van der Waals surface area contributed by atoms with E-state index < -0.39 is 52.4 Å². The number of carbonyl (C=O) groups excluding carboxylic acids is 1. The number of imidazole rings is 1. The van der Waals surface area contributed by atoms with E-state index in [9.17, 15) is 42.4 Å². The molecule has 1 aromatic heterocycles. The van der Waals surface area contributed by atoms with Gasteiger partial charge in [-0.05, 0) is 30.6 Å². The van der Waals surface area contributed by atoms with Crippen molar-refractivity contribution in [3.63, 3.8) is 0 Å². The molecule has 0 saturated carbocycles. The van der Waals surface area contributed by atoms with Gasteiger partial charge in [0.15, 0.2) is 11.5 Å². The van der Waals surface area contributed by atoms with Gasteiger partial charge in [0.1, 0.15) is 33.1 Å². The third-order valence-electron chi connectivity index (χ3n) is 7.21. The number of nitrogens with zero attached hydrogens (tertiary/aromatic N) is 4. The quantitative estimate of drug-likeness (QED) is 0.241. The largest absolute Gasteiger partial charge is 0.748 e. The predicted octanol–water partition coefficient (Wildman–Crippen LogP) is 0.559. The number of hydrogen-bond acceptors (Lipinski definition) is 13. The van der Waals surface area contributed by atoms with E-state index >= 15 is 0 Å². The van der Waals surface area contributed by atoms with E-state index in [-0.39, 0.29) is 39.8 Å². The monoisotopic (exact) mass is 723 g/mol. The highest BCUT2D eigenvalue weighted by atomic mass is 32.2. The highest BCUT2D eigenvalue weighted by Crippen LogP contribution is 2.51. The number of allylic oxidation sites excluding steroid dienone is 3. The number of rotatable bonds is 11. The van der Waals surface area contributed by atoms with Gasteiger partial charge in [0.2, 0.25) is 6.79 Å². The van der Waals surface area contributed by atoms with Crippen molar-refractivity contribution in [2.24, 2.45) is 7.05 Å². The lowest BCUT2D eigenvalue weighted by Crippen LogP contribution is -2.37. The number of carboxylic acid groups (broad SMARTS) is 2. The first-order chi connectivity index (χ1) is 22.2. The Morgan fingerprint density at radius 1 is 1.09 bits per heavy atom. The van der Waals surface area contributed by atoms with Gasteiger partial charge < -0.3 is 33.7 Å². The maximum Gasteiger partial charge on any atom is 0.323 e. The summed E-state index contributed by atoms with van der Waals surface area (Å²) in [5, 5.41) is 19.5. The molecule has 5 rings (SSSR count). The van der Waals surface area contributed by atoms with Crippen LogP contribution in [0.15, 0.2) is 44.6 Å². The van der Waals surface area contributed by atoms with Crippen LogP contribution in [0.1, 0.15) is 19.8 Å². The zero-order valence-electron chi connectivity index (χ0n) is 24.8. The second-order valence-electron chi connectivity index (χ2n) is 10.3. The maximum absolute atomic E-state index is 13.6. The summed E-state index contributed by atoms with van der Waals surface area (Å²) in [6.45, 7) is 0.701. The number of thiocarbonyl (C=S) groups is 1. The van der Waals surface area contributed by atoms with Crippen LogP contribution >= 0.6 is 35.7 Å². The molecular weight excluding hydrogens is 697 g/mol. The van der Waals surface area contributed by atoms with Crippen LogP contribution < -0.4 is 30.8 Å². The summed E-state index contributed by atoms with van der Waals surface area (Å²) in [5.74, 6) is -2.81. The number of hydrogen-bond donors (Lipinski definition) is 2. The lowest BCUT2D eigenvalue weighted by atomic mass is 10.1. The van der Waals surface area contributed by atoms with Crippen LogP contribution in [-0.2, 0) is 38.1 Å². The fraction of sp³-hybridized carbons (Fsp3) is 0.321. The van der Waals surface area contributed by atoms with Gasteiger partial charge in [-0.2, -0.15) is 0 Å². The van der Waals surface area contributed by atoms with E-state index in [0.29, 0.717) is 28.5 Å². The van der Waals surface area contributed by atoms with Crippen LogP contribution in [0.4, 0.5) is 5.69 Å². The van der Waals surface area contributed by atoms with Crippen LogP contribution in [0, 0.1) is 0 Å². The Morgan fingerprint density at radius 3 is 2.40 bits per heavy atom. The number of aliphatic carboxylic acids is 2. The molecule has 0 radical (unpaired) electrons. The van der Waals surface area contributed by atoms with E-state index in [2.05, 4.69) is 0 Å². The second-order valence-corrected chi connectivity index (χ2v) is 14.6. The number of ether oxygens (including phenoxy) is 2. The molecule has 15 nitrogen and oxygen atoms in total. The van der Waals surface area contributed by atoms with Gasteiger partial charge in [0, 0.05) is 36.4 Å². The van der Waals surface area contributed by atoms with Crippen molar-refractivity contribution in [2.75, 3.05) is 30.5 Å². The number of fused-ring (bicyclic) bond motifs is 2. The van der Waals surface area contributed by atoms with E-state index in [1.807, 2.05) is 17.9 Å². The van der Waals surface area contributed by atoms with Gasteiger partial charge in [0.25, 0.3) is 11.5 Å². The molecule has 1 amide bonds. The number of benzene rings is 1. The zero-order chi connectivity index (χ0) is 34.2. The average Bonchev–Trinajstić information content (AvgIpc) is 3.70. The van der Waals surface area contributed by atoms with Gasteiger partial charge in [-0.1, -0.05) is 48.7 Å². The summed E-state index contributed by atoms with van der Waals surface area (Å²) in [6, 6.07) is 3.60. The Balaban J connectivity index is 1.58. The number of aromatic nitrogens is 2. The molecule has 2 N–H and O–H groups in total. The molecule has 0 bridgehead atoms. The van der Waals surface area contributed by atoms with Crippen molar-refractivity contribution in [1.29, 1.82) is 0 Å². The number of amides is 1. The summed E-state index contributed by atoms with van der Waals surface area (Å²) >= 11 is 7.37. The first-order valence-corrected chi connectivity index (χ1v) is 17.5. The molecule has 3 aliphatic heterocycles. The highest BCUT2D eigenvalue weighted by Gasteiger charge is 2.36. The Morgan fingerprint density at radius 2 is 1.77 bits per heavy atom. The fourth-order valence-corrected chi connectivity index (χ4v) is 8.01. The summed E-state index contributed by atoms with van der Waals surface area (Å²) in [4.78, 5) is 53.2. The summed E-state index contributed by atoms with van der Waals surface area (Å²) < 4.78 is 47.1. The molecule has 0 unspecified atom stereocenters. The van der Waals surface area contributed by atoms with E-state index in [1.54, 1.807) is 24.3 Å². The van der Waals surface area contributed by atoms with Gasteiger partial charge in [-0.15, -0.1) is 0 Å². The molecule has 0 atom stereocenters. The zero-order valence-corrected chi connectivity index (χ0v) is 28.1. The molecule has 0 aliphatic carbocycles. The van der Waals surface area contributed by atoms with E-state index in [4.69, 9.17) is 21.7 Å². The molecule has 47 heavy (non-hydrogen) atoms. The highest BCUT2D eigenvalue weighted by molar-refractivity contribution is 8.30. The van der Waals surface area contributed by atoms with Crippen LogP contribution in [-0.4, -0.2) is 85.0 Å². The number of carboxylic acids is 2. The minimum atomic E-state index is -4.42. The molecule has 19 heteroatoms. The SMILES string of the molecule is CCC(=CC=C1Sc2cc3c(cc2N1CCCS(=O)(=O)[O-])OCO3)C=c1c(=O)n(CC(=O)O)/c(=C2\SC(=S)N(CC(=O)O)C2=O)n1C. The molecule has 1 fully saturated rings. The van der Waals surface area contributed by atoms with Crippen LogP contribution in [0.3, 0.4) is 0 Å². The Bertz CT molecular complexity index is 2060. The van der Waals surface area contributed by atoms with Crippen molar-refractivity contribution >= 4 is 84.7 Å². The number of thioether (sulfide) groups is 2. The molecule has 2 aromatic rings. The maximum atomic E-state index is 13.6. The molecule has 0 spiro atoms. The minimum absolute atomic E-state index is 0.0264. The number of carbonyl (C=O) groups is 3. The van der Waals surface area contributed by atoms with Gasteiger partial charge in [0.05, 0.1) is 20.8 Å². The van der Waals surface area contributed by atoms with Crippen LogP contribution in [0.25, 0.3) is 11.0 Å². The lowest BCUT2D eigenvalue weighted by Gasteiger charge is -2.21.